The lowest BCUT2D eigenvalue weighted by molar-refractivity contribution is 0.00683. The van der Waals surface area contributed by atoms with Crippen molar-refractivity contribution >= 4 is 40.8 Å². The van der Waals surface area contributed by atoms with Crippen LogP contribution < -0.4 is 4.90 Å². The van der Waals surface area contributed by atoms with Crippen LogP contribution >= 0.6 is 23.2 Å². The fourth-order valence-electron chi connectivity index (χ4n) is 6.03. The van der Waals surface area contributed by atoms with E-state index in [2.05, 4.69) is 10.1 Å². The van der Waals surface area contributed by atoms with Gasteiger partial charge in [0.1, 0.15) is 28.8 Å². The molecule has 2 saturated heterocycles. The Balaban J connectivity index is 1.20. The molecule has 0 amide bonds. The SMILES string of the molecule is CC(C)(C)OC(=O)c1ccc(N2[C@@H]3CC[C@H]2C[C@H](OC(=O)c2c(-c4c(Cl)cccc4Cl)noc2C2CC2)C3)c(F)c1. The largest absolute Gasteiger partial charge is 0.458 e. The van der Waals surface area contributed by atoms with Gasteiger partial charge in [-0.2, -0.15) is 0 Å². The van der Waals surface area contributed by atoms with Gasteiger partial charge in [-0.25, -0.2) is 14.0 Å². The first-order valence-corrected chi connectivity index (χ1v) is 14.7. The highest BCUT2D eigenvalue weighted by atomic mass is 35.5. The lowest BCUT2D eigenvalue weighted by Crippen LogP contribution is -2.46. The maximum absolute atomic E-state index is 15.3. The van der Waals surface area contributed by atoms with Crippen LogP contribution in [0.2, 0.25) is 10.0 Å². The molecule has 41 heavy (non-hydrogen) atoms. The third-order valence-corrected chi connectivity index (χ3v) is 8.52. The second-order valence-corrected chi connectivity index (χ2v) is 12.9. The van der Waals surface area contributed by atoms with Crippen molar-refractivity contribution in [2.45, 2.75) is 89.0 Å². The Kier molecular flexibility index (Phi) is 7.27. The summed E-state index contributed by atoms with van der Waals surface area (Å²) in [5, 5.41) is 4.94. The van der Waals surface area contributed by atoms with E-state index in [0.29, 0.717) is 45.6 Å². The molecule has 2 bridgehead atoms. The van der Waals surface area contributed by atoms with Crippen molar-refractivity contribution in [3.8, 4) is 11.3 Å². The van der Waals surface area contributed by atoms with Crippen LogP contribution in [0.1, 0.15) is 91.7 Å². The van der Waals surface area contributed by atoms with Crippen LogP contribution in [-0.2, 0) is 9.47 Å². The molecule has 3 heterocycles. The molecule has 0 unspecified atom stereocenters. The number of aromatic nitrogens is 1. The summed E-state index contributed by atoms with van der Waals surface area (Å²) in [6.07, 6.45) is 4.29. The smallest absolute Gasteiger partial charge is 0.344 e. The number of carbonyl (C=O) groups excluding carboxylic acids is 2. The summed E-state index contributed by atoms with van der Waals surface area (Å²) in [5.41, 5.74) is 0.962. The molecule has 3 atom stereocenters. The summed E-state index contributed by atoms with van der Waals surface area (Å²) in [4.78, 5) is 28.2. The molecular formula is C31H31Cl2FN2O5. The molecule has 0 radical (unpaired) electrons. The van der Waals surface area contributed by atoms with E-state index in [0.717, 1.165) is 25.7 Å². The molecule has 3 aromatic rings. The van der Waals surface area contributed by atoms with Crippen LogP contribution in [0.3, 0.4) is 0 Å². The molecule has 7 nitrogen and oxygen atoms in total. The van der Waals surface area contributed by atoms with E-state index in [4.69, 9.17) is 37.2 Å². The van der Waals surface area contributed by atoms with Gasteiger partial charge in [-0.05, 0) is 76.8 Å². The standard InChI is InChI=1S/C31H31Cl2FN2O5/c1-31(2,3)40-29(37)17-9-12-24(23(34)13-17)36-18-10-11-19(36)15-20(14-18)39-30(38)26-27(35-41-28(26)16-7-8-16)25-21(32)5-4-6-22(25)33/h4-6,9,12-13,16,18-20H,7-8,10-11,14-15H2,1-3H3/t18-,19+,20-. The van der Waals surface area contributed by atoms with E-state index in [-0.39, 0.29) is 35.2 Å². The number of nitrogens with zero attached hydrogens (tertiary/aromatic N) is 2. The Labute approximate surface area is 247 Å². The van der Waals surface area contributed by atoms with Crippen LogP contribution in [0.15, 0.2) is 40.9 Å². The van der Waals surface area contributed by atoms with Crippen molar-refractivity contribution in [3.05, 3.63) is 69.1 Å². The van der Waals surface area contributed by atoms with Crippen molar-refractivity contribution in [2.75, 3.05) is 4.90 Å². The van der Waals surface area contributed by atoms with Gasteiger partial charge in [-0.1, -0.05) is 34.4 Å². The average molecular weight is 602 g/mol. The molecule has 0 spiro atoms. The second kappa shape index (κ2) is 10.6. The van der Waals surface area contributed by atoms with Gasteiger partial charge in [0.25, 0.3) is 0 Å². The van der Waals surface area contributed by atoms with Gasteiger partial charge < -0.3 is 18.9 Å². The van der Waals surface area contributed by atoms with Gasteiger partial charge in [0.05, 0.1) is 21.3 Å². The minimum atomic E-state index is -0.670. The number of hydrogen-bond acceptors (Lipinski definition) is 7. The summed E-state index contributed by atoms with van der Waals surface area (Å²) in [7, 11) is 0. The predicted octanol–water partition coefficient (Wildman–Crippen LogP) is 7.98. The van der Waals surface area contributed by atoms with E-state index in [1.165, 1.54) is 6.07 Å². The highest BCUT2D eigenvalue weighted by Crippen LogP contribution is 2.47. The summed E-state index contributed by atoms with van der Waals surface area (Å²) in [5.74, 6) is -0.919. The number of halogens is 3. The lowest BCUT2D eigenvalue weighted by Gasteiger charge is -2.40. The number of esters is 2. The number of hydrogen-bond donors (Lipinski definition) is 0. The zero-order valence-corrected chi connectivity index (χ0v) is 24.6. The maximum atomic E-state index is 15.3. The first-order valence-electron chi connectivity index (χ1n) is 14.0. The number of piperidine rings is 1. The average Bonchev–Trinajstić information content (AvgIpc) is 3.59. The van der Waals surface area contributed by atoms with Crippen molar-refractivity contribution in [2.24, 2.45) is 0 Å². The first-order chi connectivity index (χ1) is 19.5. The van der Waals surface area contributed by atoms with E-state index < -0.39 is 23.4 Å². The Morgan fingerprint density at radius 1 is 1.00 bits per heavy atom. The van der Waals surface area contributed by atoms with Crippen LogP contribution in [0, 0.1) is 5.82 Å². The Bertz CT molecular complexity index is 1480. The summed E-state index contributed by atoms with van der Waals surface area (Å²) >= 11 is 12.9. The van der Waals surface area contributed by atoms with E-state index in [1.54, 1.807) is 51.1 Å². The fraction of sp³-hybridized carbons (Fsp3) is 0.452. The second-order valence-electron chi connectivity index (χ2n) is 12.1. The Morgan fingerprint density at radius 2 is 1.66 bits per heavy atom. The zero-order chi connectivity index (χ0) is 29.1. The predicted molar refractivity (Wildman–Crippen MR) is 153 cm³/mol. The fourth-order valence-corrected chi connectivity index (χ4v) is 6.60. The lowest BCUT2D eigenvalue weighted by atomic mass is 9.98. The van der Waals surface area contributed by atoms with Gasteiger partial charge >= 0.3 is 11.9 Å². The molecule has 3 fully saturated rings. The van der Waals surface area contributed by atoms with Crippen LogP contribution in [0.4, 0.5) is 10.1 Å². The number of ether oxygens (including phenoxy) is 2. The molecule has 2 aromatic carbocycles. The summed E-state index contributed by atoms with van der Waals surface area (Å²) in [6, 6.07) is 9.59. The van der Waals surface area contributed by atoms with Gasteiger partial charge in [-0.3, -0.25) is 0 Å². The van der Waals surface area contributed by atoms with Crippen LogP contribution in [0.5, 0.6) is 0 Å². The molecule has 1 aliphatic carbocycles. The molecule has 10 heteroatoms. The zero-order valence-electron chi connectivity index (χ0n) is 23.1. The van der Waals surface area contributed by atoms with E-state index >= 15 is 4.39 Å². The monoisotopic (exact) mass is 600 g/mol. The molecule has 1 saturated carbocycles. The Hall–Kier alpha value is -3.10. The Morgan fingerprint density at radius 3 is 2.24 bits per heavy atom. The van der Waals surface area contributed by atoms with Gasteiger partial charge in [0, 0.05) is 36.4 Å². The molecule has 6 rings (SSSR count). The highest BCUT2D eigenvalue weighted by molar-refractivity contribution is 6.39. The minimum Gasteiger partial charge on any atom is -0.458 e. The third-order valence-electron chi connectivity index (χ3n) is 7.89. The van der Waals surface area contributed by atoms with Crippen molar-refractivity contribution in [3.63, 3.8) is 0 Å². The quantitative estimate of drug-likeness (QED) is 0.265. The molecule has 0 N–H and O–H groups in total. The van der Waals surface area contributed by atoms with Crippen LogP contribution in [-0.4, -0.2) is 40.9 Å². The molecular weight excluding hydrogens is 570 g/mol. The number of benzene rings is 2. The molecule has 1 aromatic heterocycles. The van der Waals surface area contributed by atoms with Crippen molar-refractivity contribution in [1.29, 1.82) is 0 Å². The number of rotatable bonds is 6. The number of carbonyl (C=O) groups is 2. The van der Waals surface area contributed by atoms with Crippen molar-refractivity contribution in [1.82, 2.24) is 5.16 Å². The van der Waals surface area contributed by atoms with Crippen molar-refractivity contribution < 1.29 is 28.0 Å². The third kappa shape index (κ3) is 5.56. The summed E-state index contributed by atoms with van der Waals surface area (Å²) in [6.45, 7) is 5.31. The first kappa shape index (κ1) is 28.0. The minimum absolute atomic E-state index is 0.00344. The number of fused-ring (bicyclic) bond motifs is 2. The van der Waals surface area contributed by atoms with E-state index in [9.17, 15) is 9.59 Å². The normalized spacial score (nSPS) is 22.1. The van der Waals surface area contributed by atoms with E-state index in [1.807, 2.05) is 0 Å². The molecule has 216 valence electrons. The van der Waals surface area contributed by atoms with Gasteiger partial charge in [-0.15, -0.1) is 0 Å². The maximum Gasteiger partial charge on any atom is 0.344 e. The summed E-state index contributed by atoms with van der Waals surface area (Å²) < 4.78 is 32.4. The highest BCUT2D eigenvalue weighted by Gasteiger charge is 2.44. The molecule has 3 aliphatic rings. The van der Waals surface area contributed by atoms with Gasteiger partial charge in [0.2, 0.25) is 0 Å². The van der Waals surface area contributed by atoms with Gasteiger partial charge in [0.15, 0.2) is 5.76 Å². The number of anilines is 1. The molecule has 2 aliphatic heterocycles. The van der Waals surface area contributed by atoms with Crippen LogP contribution in [0.25, 0.3) is 11.3 Å². The topological polar surface area (TPSA) is 81.9 Å².